The largest absolute Gasteiger partial charge is 0.324 e. The normalized spacial score (nSPS) is 11.8. The number of rotatable bonds is 5. The molecule has 0 spiro atoms. The summed E-state index contributed by atoms with van der Waals surface area (Å²) in [5.41, 5.74) is -0.0361. The minimum atomic E-state index is -0.609. The highest BCUT2D eigenvalue weighted by Gasteiger charge is 2.18. The van der Waals surface area contributed by atoms with E-state index in [1.54, 1.807) is 25.1 Å². The van der Waals surface area contributed by atoms with Gasteiger partial charge < -0.3 is 5.32 Å². The summed E-state index contributed by atoms with van der Waals surface area (Å²) < 4.78 is 13.6. The topological polar surface area (TPSA) is 72.2 Å². The SMILES string of the molecule is CC(Sc1ccccc1F)C(=O)Nc1cc([N+](=O)[O-])ccc1Cl. The Morgan fingerprint density at radius 1 is 1.35 bits per heavy atom. The van der Waals surface area contributed by atoms with Crippen LogP contribution in [0, 0.1) is 15.9 Å². The Hall–Kier alpha value is -2.12. The summed E-state index contributed by atoms with van der Waals surface area (Å²) >= 11 is 6.98. The van der Waals surface area contributed by atoms with Crippen LogP contribution in [-0.2, 0) is 4.79 Å². The van der Waals surface area contributed by atoms with Gasteiger partial charge in [-0.2, -0.15) is 0 Å². The molecule has 23 heavy (non-hydrogen) atoms. The number of nitrogens with zero attached hydrogens (tertiary/aromatic N) is 1. The molecule has 0 radical (unpaired) electrons. The van der Waals surface area contributed by atoms with Crippen LogP contribution in [0.2, 0.25) is 5.02 Å². The van der Waals surface area contributed by atoms with Gasteiger partial charge in [0, 0.05) is 17.0 Å². The zero-order valence-electron chi connectivity index (χ0n) is 12.0. The first-order valence-corrected chi connectivity index (χ1v) is 7.80. The minimum absolute atomic E-state index is 0.145. The van der Waals surface area contributed by atoms with Crippen molar-refractivity contribution >= 4 is 40.6 Å². The van der Waals surface area contributed by atoms with Crippen LogP contribution in [0.3, 0.4) is 0 Å². The van der Waals surface area contributed by atoms with Crippen LogP contribution < -0.4 is 5.32 Å². The molecule has 2 rings (SSSR count). The number of hydrogen-bond acceptors (Lipinski definition) is 4. The lowest BCUT2D eigenvalue weighted by atomic mass is 10.2. The molecule has 5 nitrogen and oxygen atoms in total. The highest BCUT2D eigenvalue weighted by molar-refractivity contribution is 8.00. The van der Waals surface area contributed by atoms with E-state index in [4.69, 9.17) is 11.6 Å². The van der Waals surface area contributed by atoms with Crippen molar-refractivity contribution in [2.24, 2.45) is 0 Å². The van der Waals surface area contributed by atoms with Gasteiger partial charge in [0.2, 0.25) is 5.91 Å². The summed E-state index contributed by atoms with van der Waals surface area (Å²) in [6.07, 6.45) is 0. The van der Waals surface area contributed by atoms with Crippen molar-refractivity contribution in [2.75, 3.05) is 5.32 Å². The van der Waals surface area contributed by atoms with Crippen molar-refractivity contribution < 1.29 is 14.1 Å². The molecule has 0 bridgehead atoms. The van der Waals surface area contributed by atoms with E-state index in [2.05, 4.69) is 5.32 Å². The molecule has 0 saturated carbocycles. The van der Waals surface area contributed by atoms with Crippen molar-refractivity contribution in [3.63, 3.8) is 0 Å². The molecule has 1 amide bonds. The van der Waals surface area contributed by atoms with Gasteiger partial charge in [-0.1, -0.05) is 23.7 Å². The van der Waals surface area contributed by atoms with Crippen LogP contribution in [0.5, 0.6) is 0 Å². The summed E-state index contributed by atoms with van der Waals surface area (Å²) in [4.78, 5) is 22.7. The molecule has 1 N–H and O–H groups in total. The molecule has 2 aromatic rings. The fourth-order valence-corrected chi connectivity index (χ4v) is 2.79. The van der Waals surface area contributed by atoms with Crippen molar-refractivity contribution in [1.29, 1.82) is 0 Å². The Bertz CT molecular complexity index is 757. The summed E-state index contributed by atoms with van der Waals surface area (Å²) in [7, 11) is 0. The average molecular weight is 355 g/mol. The number of anilines is 1. The Kier molecular flexibility index (Phi) is 5.57. The van der Waals surface area contributed by atoms with E-state index >= 15 is 0 Å². The number of hydrogen-bond donors (Lipinski definition) is 1. The first kappa shape index (κ1) is 17.2. The van der Waals surface area contributed by atoms with E-state index in [-0.39, 0.29) is 16.4 Å². The monoisotopic (exact) mass is 354 g/mol. The third kappa shape index (κ3) is 4.43. The average Bonchev–Trinajstić information content (AvgIpc) is 2.51. The maximum atomic E-state index is 13.6. The summed E-state index contributed by atoms with van der Waals surface area (Å²) in [5.74, 6) is -0.841. The van der Waals surface area contributed by atoms with Crippen LogP contribution in [0.1, 0.15) is 6.92 Å². The van der Waals surface area contributed by atoms with Crippen molar-refractivity contribution in [3.05, 3.63) is 63.4 Å². The quantitative estimate of drug-likeness (QED) is 0.487. The van der Waals surface area contributed by atoms with Gasteiger partial charge >= 0.3 is 0 Å². The molecular formula is C15H12ClFN2O3S. The van der Waals surface area contributed by atoms with Crippen LogP contribution >= 0.6 is 23.4 Å². The number of nitro benzene ring substituents is 1. The lowest BCUT2D eigenvalue weighted by Crippen LogP contribution is -2.22. The van der Waals surface area contributed by atoms with E-state index in [0.29, 0.717) is 4.90 Å². The number of amides is 1. The van der Waals surface area contributed by atoms with E-state index < -0.39 is 21.9 Å². The molecule has 120 valence electrons. The number of nitro groups is 1. The zero-order valence-corrected chi connectivity index (χ0v) is 13.5. The number of benzene rings is 2. The first-order chi connectivity index (χ1) is 10.9. The van der Waals surface area contributed by atoms with E-state index in [0.717, 1.165) is 11.8 Å². The van der Waals surface area contributed by atoms with Crippen LogP contribution in [0.15, 0.2) is 47.4 Å². The highest BCUT2D eigenvalue weighted by Crippen LogP contribution is 2.29. The van der Waals surface area contributed by atoms with Crippen molar-refractivity contribution in [1.82, 2.24) is 0 Å². The summed E-state index contributed by atoms with van der Waals surface area (Å²) in [5, 5.41) is 12.9. The molecule has 8 heteroatoms. The first-order valence-electron chi connectivity index (χ1n) is 6.54. The molecule has 0 fully saturated rings. The lowest BCUT2D eigenvalue weighted by Gasteiger charge is -2.13. The Labute approximate surface area is 141 Å². The Balaban J connectivity index is 2.11. The van der Waals surface area contributed by atoms with Gasteiger partial charge in [0.15, 0.2) is 0 Å². The number of thioether (sulfide) groups is 1. The molecule has 0 aromatic heterocycles. The van der Waals surface area contributed by atoms with Gasteiger partial charge in [0.05, 0.1) is 20.9 Å². The van der Waals surface area contributed by atoms with Gasteiger partial charge in [0.25, 0.3) is 5.69 Å². The van der Waals surface area contributed by atoms with Crippen LogP contribution in [-0.4, -0.2) is 16.1 Å². The van der Waals surface area contributed by atoms with E-state index in [9.17, 15) is 19.3 Å². The Morgan fingerprint density at radius 3 is 2.70 bits per heavy atom. The maximum Gasteiger partial charge on any atom is 0.271 e. The molecule has 0 heterocycles. The number of nitrogens with one attached hydrogen (secondary N) is 1. The zero-order chi connectivity index (χ0) is 17.0. The second kappa shape index (κ2) is 7.43. The Morgan fingerprint density at radius 2 is 2.04 bits per heavy atom. The maximum absolute atomic E-state index is 13.6. The minimum Gasteiger partial charge on any atom is -0.324 e. The number of non-ortho nitro benzene ring substituents is 1. The third-order valence-electron chi connectivity index (χ3n) is 2.93. The second-order valence-electron chi connectivity index (χ2n) is 4.60. The standard InChI is InChI=1S/C15H12ClFN2O3S/c1-9(23-14-5-3-2-4-12(14)17)15(20)18-13-8-10(19(21)22)6-7-11(13)16/h2-9H,1H3,(H,18,20). The van der Waals surface area contributed by atoms with Gasteiger partial charge in [-0.25, -0.2) is 4.39 Å². The molecule has 1 atom stereocenters. The van der Waals surface area contributed by atoms with E-state index in [1.807, 2.05) is 0 Å². The molecule has 0 aliphatic heterocycles. The van der Waals surface area contributed by atoms with Gasteiger partial charge in [-0.3, -0.25) is 14.9 Å². The smallest absolute Gasteiger partial charge is 0.271 e. The molecule has 0 aliphatic rings. The van der Waals surface area contributed by atoms with Gasteiger partial charge in [-0.05, 0) is 25.1 Å². The predicted octanol–water partition coefficient (Wildman–Crippen LogP) is 4.51. The van der Waals surface area contributed by atoms with Crippen molar-refractivity contribution in [2.45, 2.75) is 17.1 Å². The van der Waals surface area contributed by atoms with Crippen molar-refractivity contribution in [3.8, 4) is 0 Å². The van der Waals surface area contributed by atoms with Crippen LogP contribution in [0.4, 0.5) is 15.8 Å². The lowest BCUT2D eigenvalue weighted by molar-refractivity contribution is -0.384. The number of halogens is 2. The molecule has 0 aliphatic carbocycles. The van der Waals surface area contributed by atoms with Gasteiger partial charge in [0.1, 0.15) is 5.82 Å². The molecule has 1 unspecified atom stereocenters. The molecule has 0 saturated heterocycles. The fourth-order valence-electron chi connectivity index (χ4n) is 1.74. The fraction of sp³-hybridized carbons (Fsp3) is 0.133. The predicted molar refractivity (Wildman–Crippen MR) is 88.5 cm³/mol. The highest BCUT2D eigenvalue weighted by atomic mass is 35.5. The number of carbonyl (C=O) groups is 1. The molecular weight excluding hydrogens is 343 g/mol. The van der Waals surface area contributed by atoms with Gasteiger partial charge in [-0.15, -0.1) is 11.8 Å². The second-order valence-corrected chi connectivity index (χ2v) is 6.39. The molecule has 2 aromatic carbocycles. The van der Waals surface area contributed by atoms with Crippen LogP contribution in [0.25, 0.3) is 0 Å². The summed E-state index contributed by atoms with van der Waals surface area (Å²) in [6, 6.07) is 9.88. The summed E-state index contributed by atoms with van der Waals surface area (Å²) in [6.45, 7) is 1.61. The number of carbonyl (C=O) groups excluding carboxylic acids is 1. The van der Waals surface area contributed by atoms with E-state index in [1.165, 1.54) is 24.3 Å². The third-order valence-corrected chi connectivity index (χ3v) is 4.41.